The number of fused-ring (bicyclic) bond motifs is 2. The highest BCUT2D eigenvalue weighted by molar-refractivity contribution is 6.11. The molecular weight excluding hydrogens is 372 g/mol. The zero-order valence-corrected chi connectivity index (χ0v) is 16.5. The SMILES string of the molecule is Cc1cc(C)n(C)c(=O)c1C(=O)Nc1ccc2c(c1)C(=O)N1CCCC1C(=O)N2. The molecule has 1 aromatic carbocycles. The molecule has 3 amide bonds. The lowest BCUT2D eigenvalue weighted by molar-refractivity contribution is -0.119. The van der Waals surface area contributed by atoms with E-state index in [4.69, 9.17) is 0 Å². The van der Waals surface area contributed by atoms with Crippen LogP contribution in [0.4, 0.5) is 11.4 Å². The average molecular weight is 394 g/mol. The summed E-state index contributed by atoms with van der Waals surface area (Å²) in [5, 5.41) is 5.51. The number of anilines is 2. The first-order chi connectivity index (χ1) is 13.8. The Morgan fingerprint density at radius 1 is 1.17 bits per heavy atom. The topological polar surface area (TPSA) is 101 Å². The number of carbonyl (C=O) groups is 3. The predicted molar refractivity (Wildman–Crippen MR) is 108 cm³/mol. The molecule has 150 valence electrons. The van der Waals surface area contributed by atoms with Gasteiger partial charge >= 0.3 is 0 Å². The van der Waals surface area contributed by atoms with E-state index in [0.29, 0.717) is 35.5 Å². The molecule has 2 aliphatic rings. The summed E-state index contributed by atoms with van der Waals surface area (Å²) < 4.78 is 1.42. The first kappa shape index (κ1) is 18.9. The molecule has 1 saturated heterocycles. The Bertz CT molecular complexity index is 1120. The normalized spacial score (nSPS) is 18.0. The molecule has 0 aliphatic carbocycles. The van der Waals surface area contributed by atoms with Crippen molar-refractivity contribution in [3.63, 3.8) is 0 Å². The lowest BCUT2D eigenvalue weighted by Gasteiger charge is -2.20. The van der Waals surface area contributed by atoms with Gasteiger partial charge in [0.15, 0.2) is 0 Å². The maximum Gasteiger partial charge on any atom is 0.263 e. The fourth-order valence-electron chi connectivity index (χ4n) is 4.01. The number of aromatic nitrogens is 1. The highest BCUT2D eigenvalue weighted by Crippen LogP contribution is 2.30. The summed E-state index contributed by atoms with van der Waals surface area (Å²) in [5.41, 5.74) is 2.17. The lowest BCUT2D eigenvalue weighted by atomic mass is 10.1. The van der Waals surface area contributed by atoms with Crippen molar-refractivity contribution in [1.29, 1.82) is 0 Å². The zero-order chi connectivity index (χ0) is 20.9. The summed E-state index contributed by atoms with van der Waals surface area (Å²) in [4.78, 5) is 52.2. The maximum absolute atomic E-state index is 12.9. The molecule has 29 heavy (non-hydrogen) atoms. The van der Waals surface area contributed by atoms with Gasteiger partial charge in [-0.1, -0.05) is 0 Å². The number of amides is 3. The van der Waals surface area contributed by atoms with E-state index in [9.17, 15) is 19.2 Å². The van der Waals surface area contributed by atoms with E-state index in [1.165, 1.54) is 4.57 Å². The van der Waals surface area contributed by atoms with Crippen LogP contribution in [0.15, 0.2) is 29.1 Å². The second-order valence-electron chi connectivity index (χ2n) is 7.57. The van der Waals surface area contributed by atoms with E-state index in [0.717, 1.165) is 12.1 Å². The standard InChI is InChI=1S/C21H22N4O4/c1-11-9-12(2)24(3)21(29)17(11)19(27)22-13-6-7-15-14(10-13)20(28)25-8-4-5-16(25)18(26)23-15/h6-7,9-10,16H,4-5,8H2,1-3H3,(H,22,27)(H,23,26). The van der Waals surface area contributed by atoms with Gasteiger partial charge in [-0.25, -0.2) is 0 Å². The van der Waals surface area contributed by atoms with Crippen molar-refractivity contribution in [2.24, 2.45) is 7.05 Å². The molecule has 8 nitrogen and oxygen atoms in total. The Morgan fingerprint density at radius 2 is 1.93 bits per heavy atom. The molecule has 0 radical (unpaired) electrons. The van der Waals surface area contributed by atoms with Crippen LogP contribution in [0.2, 0.25) is 0 Å². The van der Waals surface area contributed by atoms with Crippen LogP contribution >= 0.6 is 0 Å². The number of nitrogens with zero attached hydrogens (tertiary/aromatic N) is 2. The molecule has 0 spiro atoms. The number of rotatable bonds is 2. The molecule has 0 bridgehead atoms. The van der Waals surface area contributed by atoms with Crippen LogP contribution in [0, 0.1) is 13.8 Å². The first-order valence-corrected chi connectivity index (χ1v) is 9.52. The highest BCUT2D eigenvalue weighted by Gasteiger charge is 2.38. The van der Waals surface area contributed by atoms with Gasteiger partial charge in [-0.2, -0.15) is 0 Å². The molecule has 2 aliphatic heterocycles. The van der Waals surface area contributed by atoms with Crippen LogP contribution in [0.5, 0.6) is 0 Å². The number of carbonyl (C=O) groups excluding carboxylic acids is 3. The third-order valence-corrected chi connectivity index (χ3v) is 5.68. The van der Waals surface area contributed by atoms with Gasteiger partial charge in [-0.05, 0) is 56.5 Å². The van der Waals surface area contributed by atoms with Crippen molar-refractivity contribution in [2.75, 3.05) is 17.2 Å². The largest absolute Gasteiger partial charge is 0.327 e. The molecule has 0 saturated carbocycles. The third-order valence-electron chi connectivity index (χ3n) is 5.68. The number of hydrogen-bond donors (Lipinski definition) is 2. The van der Waals surface area contributed by atoms with Gasteiger partial charge in [0.25, 0.3) is 17.4 Å². The Balaban J connectivity index is 1.67. The van der Waals surface area contributed by atoms with Crippen molar-refractivity contribution >= 4 is 29.1 Å². The van der Waals surface area contributed by atoms with Gasteiger partial charge in [0.1, 0.15) is 11.6 Å². The Labute approximate surface area is 167 Å². The second-order valence-corrected chi connectivity index (χ2v) is 7.57. The molecule has 3 heterocycles. The summed E-state index contributed by atoms with van der Waals surface area (Å²) in [6.45, 7) is 4.05. The van der Waals surface area contributed by atoms with Crippen LogP contribution < -0.4 is 16.2 Å². The van der Waals surface area contributed by atoms with Crippen LogP contribution in [0.3, 0.4) is 0 Å². The number of hydrogen-bond acceptors (Lipinski definition) is 4. The summed E-state index contributed by atoms with van der Waals surface area (Å²) in [7, 11) is 1.62. The minimum absolute atomic E-state index is 0.0623. The van der Waals surface area contributed by atoms with E-state index in [1.54, 1.807) is 50.1 Å². The summed E-state index contributed by atoms with van der Waals surface area (Å²) in [6.07, 6.45) is 1.43. The number of nitrogens with one attached hydrogen (secondary N) is 2. The molecule has 1 atom stereocenters. The highest BCUT2D eigenvalue weighted by atomic mass is 16.2. The summed E-state index contributed by atoms with van der Waals surface area (Å²) in [6, 6.07) is 6.08. The van der Waals surface area contributed by atoms with Crippen LogP contribution in [-0.2, 0) is 11.8 Å². The van der Waals surface area contributed by atoms with E-state index in [-0.39, 0.29) is 22.9 Å². The first-order valence-electron chi connectivity index (χ1n) is 9.52. The fourth-order valence-corrected chi connectivity index (χ4v) is 4.01. The van der Waals surface area contributed by atoms with Gasteiger partial charge in [0.2, 0.25) is 5.91 Å². The van der Waals surface area contributed by atoms with E-state index in [1.807, 2.05) is 0 Å². The number of pyridine rings is 1. The zero-order valence-electron chi connectivity index (χ0n) is 16.5. The molecule has 1 aromatic heterocycles. The quantitative estimate of drug-likeness (QED) is 0.811. The predicted octanol–water partition coefficient (Wildman–Crippen LogP) is 1.81. The molecule has 4 rings (SSSR count). The molecular formula is C21H22N4O4. The van der Waals surface area contributed by atoms with Gasteiger partial charge in [0, 0.05) is 25.0 Å². The number of benzene rings is 1. The van der Waals surface area contributed by atoms with Crippen molar-refractivity contribution in [1.82, 2.24) is 9.47 Å². The van der Waals surface area contributed by atoms with Gasteiger partial charge in [-0.3, -0.25) is 19.2 Å². The van der Waals surface area contributed by atoms with E-state index >= 15 is 0 Å². The Hall–Kier alpha value is -3.42. The molecule has 8 heteroatoms. The smallest absolute Gasteiger partial charge is 0.263 e. The Kier molecular flexibility index (Phi) is 4.49. The van der Waals surface area contributed by atoms with E-state index < -0.39 is 11.9 Å². The van der Waals surface area contributed by atoms with Crippen LogP contribution in [0.25, 0.3) is 0 Å². The molecule has 1 fully saturated rings. The fraction of sp³-hybridized carbons (Fsp3) is 0.333. The summed E-state index contributed by atoms with van der Waals surface area (Å²) >= 11 is 0. The van der Waals surface area contributed by atoms with Crippen molar-refractivity contribution in [3.8, 4) is 0 Å². The van der Waals surface area contributed by atoms with Gasteiger partial charge in [0.05, 0.1) is 11.3 Å². The molecule has 2 N–H and O–H groups in total. The van der Waals surface area contributed by atoms with Crippen molar-refractivity contribution < 1.29 is 14.4 Å². The molecule has 2 aromatic rings. The molecule has 1 unspecified atom stereocenters. The van der Waals surface area contributed by atoms with Crippen LogP contribution in [0.1, 0.15) is 44.8 Å². The van der Waals surface area contributed by atoms with Gasteiger partial charge in [-0.15, -0.1) is 0 Å². The summed E-state index contributed by atoms with van der Waals surface area (Å²) in [5.74, 6) is -0.961. The lowest BCUT2D eigenvalue weighted by Crippen LogP contribution is -2.40. The maximum atomic E-state index is 12.9. The Morgan fingerprint density at radius 3 is 2.69 bits per heavy atom. The van der Waals surface area contributed by atoms with Crippen molar-refractivity contribution in [2.45, 2.75) is 32.7 Å². The average Bonchev–Trinajstić information content (AvgIpc) is 3.13. The van der Waals surface area contributed by atoms with Gasteiger partial charge < -0.3 is 20.1 Å². The van der Waals surface area contributed by atoms with E-state index in [2.05, 4.69) is 10.6 Å². The van der Waals surface area contributed by atoms with Crippen molar-refractivity contribution in [3.05, 3.63) is 57.0 Å². The monoisotopic (exact) mass is 394 g/mol. The third kappa shape index (κ3) is 3.10. The minimum atomic E-state index is -0.535. The second kappa shape index (κ2) is 6.88. The number of aryl methyl sites for hydroxylation is 2. The van der Waals surface area contributed by atoms with Crippen LogP contribution in [-0.4, -0.2) is 39.8 Å². The minimum Gasteiger partial charge on any atom is -0.327 e.